The zero-order valence-corrected chi connectivity index (χ0v) is 6.87. The zero-order valence-electron chi connectivity index (χ0n) is 5.24. The molecule has 12 heavy (non-hydrogen) atoms. The molecular weight excluding hydrogens is 224 g/mol. The van der Waals surface area contributed by atoms with Crippen LogP contribution in [0.3, 0.4) is 0 Å². The van der Waals surface area contributed by atoms with E-state index in [2.05, 4.69) is 0 Å². The fraction of sp³-hybridized carbons (Fsp3) is 0. The summed E-state index contributed by atoms with van der Waals surface area (Å²) in [6, 6.07) is 0. The first kappa shape index (κ1) is 22.6. The molecule has 8 N–H and O–H groups in total. The maximum absolute atomic E-state index is 8.74. The largest absolute Gasteiger partial charge is 0.412 e. The molecule has 0 aromatic carbocycles. The Labute approximate surface area is 67.6 Å². The Balaban J connectivity index is -0.0000000457. The van der Waals surface area contributed by atoms with Crippen LogP contribution in [-0.4, -0.2) is 46.0 Å². The third kappa shape index (κ3) is 6270. The van der Waals surface area contributed by atoms with Crippen LogP contribution in [0.5, 0.6) is 0 Å². The highest BCUT2D eigenvalue weighted by Crippen LogP contribution is 1.59. The Hall–Kier alpha value is -0.340. The van der Waals surface area contributed by atoms with Gasteiger partial charge in [-0.3, -0.25) is 18.2 Å². The van der Waals surface area contributed by atoms with Crippen molar-refractivity contribution in [3.8, 4) is 0 Å². The fourth-order valence-corrected chi connectivity index (χ4v) is 0. The van der Waals surface area contributed by atoms with Crippen LogP contribution in [0.15, 0.2) is 0 Å². The van der Waals surface area contributed by atoms with Crippen molar-refractivity contribution in [3.63, 3.8) is 0 Å². The lowest BCUT2D eigenvalue weighted by molar-refractivity contribution is 0.378. The van der Waals surface area contributed by atoms with Gasteiger partial charge in [0, 0.05) is 0 Å². The molecule has 12 heteroatoms. The minimum Gasteiger partial charge on any atom is -0.412 e. The molecule has 0 fully saturated rings. The van der Waals surface area contributed by atoms with E-state index < -0.39 is 20.8 Å². The van der Waals surface area contributed by atoms with Gasteiger partial charge in [-0.15, -0.1) is 0 Å². The van der Waals surface area contributed by atoms with Crippen molar-refractivity contribution >= 4 is 20.8 Å². The molecule has 0 radical (unpaired) electrons. The lowest BCUT2D eigenvalue weighted by Gasteiger charge is -1.68. The Morgan fingerprint density at radius 3 is 0.583 bits per heavy atom. The molecule has 0 saturated carbocycles. The average Bonchev–Trinajstić information content (AvgIpc) is 1.12. The summed E-state index contributed by atoms with van der Waals surface area (Å²) < 4.78 is 63.2. The normalized spacial score (nSPS) is 9.67. The first-order valence-corrected chi connectivity index (χ1v) is 4.19. The quantitative estimate of drug-likeness (QED) is 0.316. The van der Waals surface area contributed by atoms with Gasteiger partial charge in [0.05, 0.1) is 0 Å². The maximum Gasteiger partial charge on any atom is 0.394 e. The summed E-state index contributed by atoms with van der Waals surface area (Å²) in [5, 5.41) is 0. The van der Waals surface area contributed by atoms with Gasteiger partial charge in [-0.1, -0.05) is 0 Å². The molecule has 10 nitrogen and oxygen atoms in total. The lowest BCUT2D eigenvalue weighted by Crippen LogP contribution is -1.89. The van der Waals surface area contributed by atoms with Gasteiger partial charge in [-0.25, -0.2) is 0 Å². The summed E-state index contributed by atoms with van der Waals surface area (Å²) in [7, 11) is -9.33. The average molecular weight is 232 g/mol. The van der Waals surface area contributed by atoms with Gasteiger partial charge in [0.25, 0.3) is 0 Å². The molecule has 0 aromatic heterocycles. The molecule has 0 amide bonds. The van der Waals surface area contributed by atoms with E-state index in [4.69, 9.17) is 35.0 Å². The van der Waals surface area contributed by atoms with E-state index in [1.54, 1.807) is 0 Å². The molecule has 0 heterocycles. The van der Waals surface area contributed by atoms with Crippen LogP contribution in [0.4, 0.5) is 0 Å². The van der Waals surface area contributed by atoms with Crippen molar-refractivity contribution in [2.45, 2.75) is 0 Å². The second-order valence-electron chi connectivity index (χ2n) is 0.896. The molecule has 0 atom stereocenters. The summed E-state index contributed by atoms with van der Waals surface area (Å²) in [6.45, 7) is 0. The standard InChI is InChI=1S/2H2O4S.2H2O/c2*1-5(2,3)4;;/h2*(H2,1,2,3,4);2*1H2. The molecule has 0 unspecified atom stereocenters. The topological polar surface area (TPSA) is 212 Å². The van der Waals surface area contributed by atoms with Crippen molar-refractivity contribution in [2.24, 2.45) is 0 Å². The van der Waals surface area contributed by atoms with Crippen LogP contribution in [0.1, 0.15) is 0 Å². The number of hydrogen-bond acceptors (Lipinski definition) is 4. The molecular formula is H8O10S2. The smallest absolute Gasteiger partial charge is 0.394 e. The molecule has 0 spiro atoms. The summed E-state index contributed by atoms with van der Waals surface area (Å²) >= 11 is 0. The van der Waals surface area contributed by atoms with E-state index in [1.165, 1.54) is 0 Å². The minimum atomic E-state index is -4.67. The number of rotatable bonds is 0. The Bertz CT molecular complexity index is 204. The van der Waals surface area contributed by atoms with Crippen LogP contribution in [-0.2, 0) is 20.8 Å². The fourth-order valence-electron chi connectivity index (χ4n) is 0. The highest BCUT2D eigenvalue weighted by molar-refractivity contribution is 7.80. The third-order valence-corrected chi connectivity index (χ3v) is 0. The van der Waals surface area contributed by atoms with Gasteiger partial charge >= 0.3 is 20.8 Å². The molecule has 0 aliphatic heterocycles. The van der Waals surface area contributed by atoms with Crippen LogP contribution >= 0.6 is 0 Å². The Morgan fingerprint density at radius 1 is 0.583 bits per heavy atom. The molecule has 0 aliphatic carbocycles. The summed E-state index contributed by atoms with van der Waals surface area (Å²) in [5.41, 5.74) is 0. The maximum atomic E-state index is 8.74. The minimum absolute atomic E-state index is 0. The monoisotopic (exact) mass is 232 g/mol. The van der Waals surface area contributed by atoms with E-state index in [9.17, 15) is 0 Å². The van der Waals surface area contributed by atoms with Gasteiger partial charge in [0.15, 0.2) is 0 Å². The first-order valence-electron chi connectivity index (χ1n) is 1.40. The highest BCUT2D eigenvalue weighted by Gasteiger charge is 1.85. The predicted molar refractivity (Wildman–Crippen MR) is 35.6 cm³/mol. The first-order chi connectivity index (χ1) is 4.00. The lowest BCUT2D eigenvalue weighted by atomic mass is 15.8. The summed E-state index contributed by atoms with van der Waals surface area (Å²) in [5.74, 6) is 0. The molecule has 0 rings (SSSR count). The predicted octanol–water partition coefficient (Wildman–Crippen LogP) is -2.95. The molecule has 0 aromatic rings. The van der Waals surface area contributed by atoms with Crippen molar-refractivity contribution in [1.29, 1.82) is 0 Å². The van der Waals surface area contributed by atoms with E-state index in [0.29, 0.717) is 0 Å². The van der Waals surface area contributed by atoms with Crippen LogP contribution in [0, 0.1) is 0 Å². The van der Waals surface area contributed by atoms with Crippen LogP contribution in [0.25, 0.3) is 0 Å². The van der Waals surface area contributed by atoms with E-state index in [1.807, 2.05) is 0 Å². The Morgan fingerprint density at radius 2 is 0.583 bits per heavy atom. The van der Waals surface area contributed by atoms with Crippen molar-refractivity contribution in [3.05, 3.63) is 0 Å². The van der Waals surface area contributed by atoms with Gasteiger partial charge in [0.1, 0.15) is 0 Å². The summed E-state index contributed by atoms with van der Waals surface area (Å²) in [4.78, 5) is 0. The van der Waals surface area contributed by atoms with Crippen LogP contribution in [0.2, 0.25) is 0 Å². The highest BCUT2D eigenvalue weighted by atomic mass is 32.3. The van der Waals surface area contributed by atoms with Crippen molar-refractivity contribution < 1.29 is 46.0 Å². The second-order valence-corrected chi connectivity index (χ2v) is 2.69. The van der Waals surface area contributed by atoms with E-state index in [0.717, 1.165) is 0 Å². The van der Waals surface area contributed by atoms with Gasteiger partial charge in [-0.05, 0) is 0 Å². The second kappa shape index (κ2) is 7.32. The molecule has 80 valence electrons. The molecule has 0 bridgehead atoms. The zero-order chi connectivity index (χ0) is 9.00. The third-order valence-electron chi connectivity index (χ3n) is 0. The van der Waals surface area contributed by atoms with Crippen LogP contribution < -0.4 is 0 Å². The SMILES string of the molecule is O.O.O=S(=O)(O)O.O=S(=O)(O)O. The van der Waals surface area contributed by atoms with E-state index in [-0.39, 0.29) is 11.0 Å². The van der Waals surface area contributed by atoms with Gasteiger partial charge < -0.3 is 11.0 Å². The summed E-state index contributed by atoms with van der Waals surface area (Å²) in [6.07, 6.45) is 0. The Kier molecular flexibility index (Phi) is 13.8. The van der Waals surface area contributed by atoms with Gasteiger partial charge in [-0.2, -0.15) is 16.8 Å². The molecule has 0 aliphatic rings. The van der Waals surface area contributed by atoms with Crippen molar-refractivity contribution in [1.82, 2.24) is 0 Å². The van der Waals surface area contributed by atoms with Crippen molar-refractivity contribution in [2.75, 3.05) is 0 Å². The number of hydrogen-bond donors (Lipinski definition) is 4. The van der Waals surface area contributed by atoms with Gasteiger partial charge in [0.2, 0.25) is 0 Å². The van der Waals surface area contributed by atoms with E-state index >= 15 is 0 Å². The molecule has 0 saturated heterocycles.